The SMILES string of the molecule is Cn1cc(CN2CCCC2Cn2nc(C3CC3)ccc2=O)nn1. The zero-order valence-corrected chi connectivity index (χ0v) is 13.4. The van der Waals surface area contributed by atoms with Gasteiger partial charge in [-0.05, 0) is 38.3 Å². The van der Waals surface area contributed by atoms with Gasteiger partial charge in [-0.3, -0.25) is 14.4 Å². The van der Waals surface area contributed by atoms with Gasteiger partial charge < -0.3 is 0 Å². The lowest BCUT2D eigenvalue weighted by molar-refractivity contribution is 0.214. The van der Waals surface area contributed by atoms with Crippen LogP contribution in [-0.2, 0) is 20.1 Å². The van der Waals surface area contributed by atoms with Crippen LogP contribution in [0.4, 0.5) is 0 Å². The number of aromatic nitrogens is 5. The molecule has 0 spiro atoms. The van der Waals surface area contributed by atoms with Gasteiger partial charge in [0.25, 0.3) is 5.56 Å². The van der Waals surface area contributed by atoms with Crippen molar-refractivity contribution in [1.29, 1.82) is 0 Å². The number of rotatable bonds is 5. The lowest BCUT2D eigenvalue weighted by Gasteiger charge is -2.23. The van der Waals surface area contributed by atoms with E-state index in [0.717, 1.165) is 37.3 Å². The van der Waals surface area contributed by atoms with E-state index >= 15 is 0 Å². The summed E-state index contributed by atoms with van der Waals surface area (Å²) in [4.78, 5) is 14.5. The maximum atomic E-state index is 12.1. The standard InChI is InChI=1S/C16H22N6O/c1-20-9-13(17-19-20)10-21-8-2-3-14(21)11-22-16(23)7-6-15(18-22)12-4-5-12/h6-7,9,12,14H,2-5,8,10-11H2,1H3. The van der Waals surface area contributed by atoms with Gasteiger partial charge in [0.15, 0.2) is 0 Å². The average Bonchev–Trinajstić information content (AvgIpc) is 3.18. The molecule has 0 radical (unpaired) electrons. The highest BCUT2D eigenvalue weighted by Crippen LogP contribution is 2.38. The Kier molecular flexibility index (Phi) is 3.72. The van der Waals surface area contributed by atoms with Crippen molar-refractivity contribution in [2.24, 2.45) is 7.05 Å². The van der Waals surface area contributed by atoms with Crippen LogP contribution in [0, 0.1) is 0 Å². The molecule has 1 aliphatic carbocycles. The Morgan fingerprint density at radius 2 is 2.13 bits per heavy atom. The van der Waals surface area contributed by atoms with Gasteiger partial charge in [0, 0.05) is 37.8 Å². The maximum absolute atomic E-state index is 12.1. The highest BCUT2D eigenvalue weighted by Gasteiger charge is 2.28. The van der Waals surface area contributed by atoms with Gasteiger partial charge in [0.05, 0.1) is 17.9 Å². The Bertz CT molecular complexity index is 747. The second-order valence-electron chi connectivity index (χ2n) is 6.70. The summed E-state index contributed by atoms with van der Waals surface area (Å²) in [5.41, 5.74) is 2.05. The molecule has 3 heterocycles. The fourth-order valence-corrected chi connectivity index (χ4v) is 3.38. The Labute approximate surface area is 134 Å². The summed E-state index contributed by atoms with van der Waals surface area (Å²) in [5, 5.41) is 12.8. The van der Waals surface area contributed by atoms with Gasteiger partial charge in [0.1, 0.15) is 0 Å². The summed E-state index contributed by atoms with van der Waals surface area (Å²) in [7, 11) is 1.88. The summed E-state index contributed by atoms with van der Waals surface area (Å²) in [5.74, 6) is 0.570. The molecule has 7 nitrogen and oxygen atoms in total. The minimum atomic E-state index is 0.000697. The van der Waals surface area contributed by atoms with E-state index in [1.807, 2.05) is 19.3 Å². The van der Waals surface area contributed by atoms with Crippen molar-refractivity contribution in [1.82, 2.24) is 29.7 Å². The molecule has 1 saturated heterocycles. The van der Waals surface area contributed by atoms with Crippen molar-refractivity contribution < 1.29 is 0 Å². The first-order chi connectivity index (χ1) is 11.2. The number of likely N-dealkylation sites (tertiary alicyclic amines) is 1. The molecule has 0 bridgehead atoms. The second-order valence-corrected chi connectivity index (χ2v) is 6.70. The van der Waals surface area contributed by atoms with E-state index in [-0.39, 0.29) is 5.56 Å². The number of hydrogen-bond acceptors (Lipinski definition) is 5. The van der Waals surface area contributed by atoms with Crippen LogP contribution in [-0.4, -0.2) is 42.3 Å². The fourth-order valence-electron chi connectivity index (χ4n) is 3.38. The Hall–Kier alpha value is -2.02. The number of aryl methyl sites for hydroxylation is 1. The molecule has 2 fully saturated rings. The molecular formula is C16H22N6O. The largest absolute Gasteiger partial charge is 0.293 e. The monoisotopic (exact) mass is 314 g/mol. The van der Waals surface area contributed by atoms with E-state index < -0.39 is 0 Å². The molecule has 2 aliphatic rings. The van der Waals surface area contributed by atoms with E-state index in [2.05, 4.69) is 20.3 Å². The van der Waals surface area contributed by atoms with Crippen LogP contribution in [0.5, 0.6) is 0 Å². The van der Waals surface area contributed by atoms with Crippen molar-refractivity contribution >= 4 is 0 Å². The van der Waals surface area contributed by atoms with E-state index in [1.54, 1.807) is 15.4 Å². The highest BCUT2D eigenvalue weighted by molar-refractivity contribution is 5.12. The first kappa shape index (κ1) is 14.6. The minimum absolute atomic E-state index is 0.000697. The Balaban J connectivity index is 1.48. The van der Waals surface area contributed by atoms with Crippen molar-refractivity contribution in [2.45, 2.75) is 50.7 Å². The van der Waals surface area contributed by atoms with Gasteiger partial charge >= 0.3 is 0 Å². The van der Waals surface area contributed by atoms with E-state index in [1.165, 1.54) is 12.8 Å². The third-order valence-electron chi connectivity index (χ3n) is 4.78. The van der Waals surface area contributed by atoms with Gasteiger partial charge in [-0.1, -0.05) is 5.21 Å². The van der Waals surface area contributed by atoms with Gasteiger partial charge in [-0.2, -0.15) is 5.10 Å². The number of hydrogen-bond donors (Lipinski definition) is 0. The van der Waals surface area contributed by atoms with Gasteiger partial charge in [-0.15, -0.1) is 5.10 Å². The molecule has 23 heavy (non-hydrogen) atoms. The van der Waals surface area contributed by atoms with Crippen LogP contribution >= 0.6 is 0 Å². The molecule has 1 aliphatic heterocycles. The molecule has 1 unspecified atom stereocenters. The molecular weight excluding hydrogens is 292 g/mol. The highest BCUT2D eigenvalue weighted by atomic mass is 16.1. The summed E-state index contributed by atoms with van der Waals surface area (Å²) >= 11 is 0. The van der Waals surface area contributed by atoms with Crippen LogP contribution in [0.25, 0.3) is 0 Å². The van der Waals surface area contributed by atoms with Gasteiger partial charge in [0.2, 0.25) is 0 Å². The quantitative estimate of drug-likeness (QED) is 0.820. The average molecular weight is 314 g/mol. The first-order valence-electron chi connectivity index (χ1n) is 8.36. The molecule has 0 aromatic carbocycles. The topological polar surface area (TPSA) is 68.8 Å². The molecule has 7 heteroatoms. The van der Waals surface area contributed by atoms with E-state index in [0.29, 0.717) is 18.5 Å². The zero-order valence-electron chi connectivity index (χ0n) is 13.4. The minimum Gasteiger partial charge on any atom is -0.293 e. The van der Waals surface area contributed by atoms with Crippen molar-refractivity contribution in [3.05, 3.63) is 40.1 Å². The van der Waals surface area contributed by atoms with E-state index in [4.69, 9.17) is 0 Å². The summed E-state index contributed by atoms with van der Waals surface area (Å²) in [6.45, 7) is 2.49. The van der Waals surface area contributed by atoms with Gasteiger partial charge in [-0.25, -0.2) is 4.68 Å². The normalized spacial score (nSPS) is 21.9. The van der Waals surface area contributed by atoms with Crippen LogP contribution in [0.1, 0.15) is 43.0 Å². The van der Waals surface area contributed by atoms with Crippen LogP contribution in [0.2, 0.25) is 0 Å². The molecule has 2 aromatic rings. The lowest BCUT2D eigenvalue weighted by Crippen LogP contribution is -2.37. The van der Waals surface area contributed by atoms with E-state index in [9.17, 15) is 4.79 Å². The third kappa shape index (κ3) is 3.19. The molecule has 1 atom stereocenters. The number of nitrogens with zero attached hydrogens (tertiary/aromatic N) is 6. The molecule has 122 valence electrons. The maximum Gasteiger partial charge on any atom is 0.266 e. The van der Waals surface area contributed by atoms with Crippen molar-refractivity contribution in [3.63, 3.8) is 0 Å². The fraction of sp³-hybridized carbons (Fsp3) is 0.625. The summed E-state index contributed by atoms with van der Waals surface area (Å²) < 4.78 is 3.39. The third-order valence-corrected chi connectivity index (χ3v) is 4.78. The van der Waals surface area contributed by atoms with Crippen molar-refractivity contribution in [3.8, 4) is 0 Å². The van der Waals surface area contributed by atoms with Crippen LogP contribution < -0.4 is 5.56 Å². The summed E-state index contributed by atoms with van der Waals surface area (Å²) in [6, 6.07) is 3.90. The predicted octanol–water partition coefficient (Wildman–Crippen LogP) is 0.914. The molecule has 4 rings (SSSR count). The predicted molar refractivity (Wildman–Crippen MR) is 84.9 cm³/mol. The van der Waals surface area contributed by atoms with Crippen LogP contribution in [0.15, 0.2) is 23.1 Å². The molecule has 0 N–H and O–H groups in total. The first-order valence-corrected chi connectivity index (χ1v) is 8.36. The van der Waals surface area contributed by atoms with Crippen LogP contribution in [0.3, 0.4) is 0 Å². The lowest BCUT2D eigenvalue weighted by atomic mass is 10.2. The Morgan fingerprint density at radius 3 is 2.87 bits per heavy atom. The zero-order chi connectivity index (χ0) is 15.8. The molecule has 0 amide bonds. The smallest absolute Gasteiger partial charge is 0.266 e. The Morgan fingerprint density at radius 1 is 1.26 bits per heavy atom. The summed E-state index contributed by atoms with van der Waals surface area (Å²) in [6.07, 6.45) is 6.61. The van der Waals surface area contributed by atoms with Crippen molar-refractivity contribution in [2.75, 3.05) is 6.54 Å². The molecule has 2 aromatic heterocycles. The second kappa shape index (κ2) is 5.88. The molecule has 1 saturated carbocycles.